The third-order valence-electron chi connectivity index (χ3n) is 5.34. The van der Waals surface area contributed by atoms with E-state index in [0.717, 1.165) is 12.8 Å². The van der Waals surface area contributed by atoms with Gasteiger partial charge >= 0.3 is 0 Å². The highest BCUT2D eigenvalue weighted by molar-refractivity contribution is 7.89. The number of nitrogens with zero attached hydrogens (tertiary/aromatic N) is 2. The minimum absolute atomic E-state index is 0.0382. The van der Waals surface area contributed by atoms with Crippen LogP contribution in [0.15, 0.2) is 4.99 Å². The number of hydrogen-bond donors (Lipinski definition) is 3. The molecule has 1 aliphatic carbocycles. The molecule has 0 unspecified atom stereocenters. The van der Waals surface area contributed by atoms with Crippen molar-refractivity contribution in [3.63, 3.8) is 0 Å². The predicted molar refractivity (Wildman–Crippen MR) is 112 cm³/mol. The van der Waals surface area contributed by atoms with Gasteiger partial charge in [-0.15, -0.1) is 0 Å². The summed E-state index contributed by atoms with van der Waals surface area (Å²) < 4.78 is 52.3. The zero-order valence-electron chi connectivity index (χ0n) is 17.0. The van der Waals surface area contributed by atoms with Crippen LogP contribution in [0.5, 0.6) is 0 Å². The molecule has 28 heavy (non-hydrogen) atoms. The molecule has 9 nitrogen and oxygen atoms in total. The van der Waals surface area contributed by atoms with E-state index in [9.17, 15) is 16.8 Å². The molecule has 3 N–H and O–H groups in total. The minimum Gasteiger partial charge on any atom is -0.357 e. The standard InChI is InChI=1S/C17H35N5O4S2/c1-3-18-17(19-10-13-27(23,24)20-14-15-6-5-7-15)21-16-8-11-22(12-9-16)28(25,26)4-2/h15-16,20H,3-14H2,1-2H3,(H2,18,19,21). The predicted octanol–water partition coefficient (Wildman–Crippen LogP) is 0.0751. The molecular weight excluding hydrogens is 402 g/mol. The fraction of sp³-hybridized carbons (Fsp3) is 0.941. The van der Waals surface area contributed by atoms with E-state index in [2.05, 4.69) is 20.3 Å². The van der Waals surface area contributed by atoms with E-state index in [1.165, 1.54) is 10.7 Å². The second-order valence-electron chi connectivity index (χ2n) is 7.44. The molecule has 164 valence electrons. The number of nitrogens with one attached hydrogen (secondary N) is 3. The summed E-state index contributed by atoms with van der Waals surface area (Å²) in [6.07, 6.45) is 4.80. The van der Waals surface area contributed by atoms with Crippen LogP contribution in [0.3, 0.4) is 0 Å². The van der Waals surface area contributed by atoms with E-state index in [-0.39, 0.29) is 24.1 Å². The first-order valence-electron chi connectivity index (χ1n) is 10.3. The lowest BCUT2D eigenvalue weighted by Crippen LogP contribution is -2.50. The molecule has 2 rings (SSSR count). The highest BCUT2D eigenvalue weighted by atomic mass is 32.2. The first kappa shape index (κ1) is 23.4. The Morgan fingerprint density at radius 2 is 1.75 bits per heavy atom. The second-order valence-corrected chi connectivity index (χ2v) is 11.6. The van der Waals surface area contributed by atoms with Crippen molar-refractivity contribution in [3.05, 3.63) is 0 Å². The highest BCUT2D eigenvalue weighted by Gasteiger charge is 2.27. The molecule has 2 aliphatic rings. The van der Waals surface area contributed by atoms with Crippen LogP contribution in [0.2, 0.25) is 0 Å². The molecule has 0 spiro atoms. The molecule has 0 aromatic heterocycles. The molecule has 11 heteroatoms. The Hall–Kier alpha value is -0.910. The molecule has 0 aromatic carbocycles. The largest absolute Gasteiger partial charge is 0.357 e. The lowest BCUT2D eigenvalue weighted by molar-refractivity contribution is 0.306. The number of guanidine groups is 1. The van der Waals surface area contributed by atoms with Gasteiger partial charge in [-0.2, -0.15) is 0 Å². The maximum Gasteiger partial charge on any atom is 0.213 e. The van der Waals surface area contributed by atoms with Crippen LogP contribution in [0, 0.1) is 5.92 Å². The average molecular weight is 438 g/mol. The fourth-order valence-corrected chi connectivity index (χ4v) is 5.36. The van der Waals surface area contributed by atoms with Crippen LogP contribution in [0.25, 0.3) is 0 Å². The van der Waals surface area contributed by atoms with E-state index in [1.54, 1.807) is 6.92 Å². The molecule has 0 amide bonds. The van der Waals surface area contributed by atoms with Crippen molar-refractivity contribution in [2.75, 3.05) is 44.2 Å². The molecular formula is C17H35N5O4S2. The number of aliphatic imine (C=N–C) groups is 1. The summed E-state index contributed by atoms with van der Waals surface area (Å²) in [4.78, 5) is 4.38. The van der Waals surface area contributed by atoms with E-state index in [1.807, 2.05) is 6.92 Å². The highest BCUT2D eigenvalue weighted by Crippen LogP contribution is 2.25. The Bertz CT molecular complexity index is 712. The van der Waals surface area contributed by atoms with Crippen LogP contribution in [0.4, 0.5) is 0 Å². The average Bonchev–Trinajstić information content (AvgIpc) is 2.60. The van der Waals surface area contributed by atoms with Crippen LogP contribution in [0.1, 0.15) is 46.0 Å². The van der Waals surface area contributed by atoms with Gasteiger partial charge in [-0.25, -0.2) is 25.9 Å². The van der Waals surface area contributed by atoms with Gasteiger partial charge in [0, 0.05) is 32.2 Å². The number of sulfonamides is 2. The molecule has 0 bridgehead atoms. The van der Waals surface area contributed by atoms with Gasteiger partial charge in [0.05, 0.1) is 18.1 Å². The van der Waals surface area contributed by atoms with Gasteiger partial charge in [0.25, 0.3) is 0 Å². The van der Waals surface area contributed by atoms with Crippen molar-refractivity contribution in [3.8, 4) is 0 Å². The van der Waals surface area contributed by atoms with Crippen molar-refractivity contribution in [2.45, 2.75) is 52.0 Å². The number of piperidine rings is 1. The van der Waals surface area contributed by atoms with Crippen LogP contribution >= 0.6 is 0 Å². The van der Waals surface area contributed by atoms with Crippen molar-refractivity contribution in [2.24, 2.45) is 10.9 Å². The van der Waals surface area contributed by atoms with E-state index in [0.29, 0.717) is 50.9 Å². The van der Waals surface area contributed by atoms with Crippen molar-refractivity contribution in [1.29, 1.82) is 0 Å². The fourth-order valence-electron chi connectivity index (χ4n) is 3.27. The zero-order chi connectivity index (χ0) is 20.6. The van der Waals surface area contributed by atoms with E-state index in [4.69, 9.17) is 0 Å². The summed E-state index contributed by atoms with van der Waals surface area (Å²) in [7, 11) is -6.45. The molecule has 1 saturated carbocycles. The van der Waals surface area contributed by atoms with E-state index < -0.39 is 20.0 Å². The number of hydrogen-bond acceptors (Lipinski definition) is 5. The van der Waals surface area contributed by atoms with Gasteiger partial charge in [-0.3, -0.25) is 4.99 Å². The first-order valence-corrected chi connectivity index (χ1v) is 13.5. The molecule has 2 fully saturated rings. The van der Waals surface area contributed by atoms with Crippen LogP contribution < -0.4 is 15.4 Å². The summed E-state index contributed by atoms with van der Waals surface area (Å²) in [6.45, 7) is 5.97. The first-order chi connectivity index (χ1) is 13.3. The van der Waals surface area contributed by atoms with Gasteiger partial charge in [-0.05, 0) is 45.4 Å². The zero-order valence-corrected chi connectivity index (χ0v) is 18.6. The van der Waals surface area contributed by atoms with Crippen LogP contribution in [-0.4, -0.2) is 77.4 Å². The van der Waals surface area contributed by atoms with Crippen molar-refractivity contribution < 1.29 is 16.8 Å². The Kier molecular flexibility index (Phi) is 8.97. The minimum atomic E-state index is -3.31. The van der Waals surface area contributed by atoms with Gasteiger partial charge in [0.1, 0.15) is 0 Å². The molecule has 0 radical (unpaired) electrons. The maximum atomic E-state index is 12.1. The second kappa shape index (κ2) is 10.7. The third kappa shape index (κ3) is 7.49. The molecule has 1 aliphatic heterocycles. The summed E-state index contributed by atoms with van der Waals surface area (Å²) in [5.41, 5.74) is 0. The SMILES string of the molecule is CCNC(=NCCS(=O)(=O)NCC1CCC1)NC1CCN(S(=O)(=O)CC)CC1. The van der Waals surface area contributed by atoms with Crippen molar-refractivity contribution >= 4 is 26.0 Å². The number of rotatable bonds is 10. The molecule has 1 saturated heterocycles. The molecule has 0 atom stereocenters. The Labute approximate surface area is 169 Å². The summed E-state index contributed by atoms with van der Waals surface area (Å²) in [5.74, 6) is 1.15. The summed E-state index contributed by atoms with van der Waals surface area (Å²) >= 11 is 0. The lowest BCUT2D eigenvalue weighted by atomic mass is 9.86. The van der Waals surface area contributed by atoms with Gasteiger partial charge < -0.3 is 10.6 Å². The maximum absolute atomic E-state index is 12.1. The summed E-state index contributed by atoms with van der Waals surface area (Å²) in [5, 5.41) is 6.43. The lowest BCUT2D eigenvalue weighted by Gasteiger charge is -2.32. The molecule has 0 aromatic rings. The van der Waals surface area contributed by atoms with Gasteiger partial charge in [-0.1, -0.05) is 6.42 Å². The Morgan fingerprint density at radius 3 is 2.29 bits per heavy atom. The summed E-state index contributed by atoms with van der Waals surface area (Å²) in [6, 6.07) is 0.120. The molecule has 1 heterocycles. The normalized spacial score (nSPS) is 20.7. The Balaban J connectivity index is 1.78. The van der Waals surface area contributed by atoms with Crippen LogP contribution in [-0.2, 0) is 20.0 Å². The Morgan fingerprint density at radius 1 is 1.07 bits per heavy atom. The quantitative estimate of drug-likeness (QED) is 0.329. The smallest absolute Gasteiger partial charge is 0.213 e. The third-order valence-corrected chi connectivity index (χ3v) is 8.55. The monoisotopic (exact) mass is 437 g/mol. The van der Waals surface area contributed by atoms with Gasteiger partial charge in [0.15, 0.2) is 5.96 Å². The van der Waals surface area contributed by atoms with Crippen molar-refractivity contribution in [1.82, 2.24) is 19.7 Å². The van der Waals surface area contributed by atoms with Gasteiger partial charge in [0.2, 0.25) is 20.0 Å². The van der Waals surface area contributed by atoms with E-state index >= 15 is 0 Å². The topological polar surface area (TPSA) is 120 Å².